The van der Waals surface area contributed by atoms with Crippen molar-refractivity contribution in [3.63, 3.8) is 0 Å². The summed E-state index contributed by atoms with van der Waals surface area (Å²) in [6, 6.07) is 19.7. The van der Waals surface area contributed by atoms with E-state index < -0.39 is 43.3 Å². The van der Waals surface area contributed by atoms with E-state index in [4.69, 9.17) is 0 Å². The van der Waals surface area contributed by atoms with Crippen LogP contribution in [0.1, 0.15) is 22.3 Å². The molecule has 4 aromatic carbocycles. The lowest BCUT2D eigenvalue weighted by Crippen LogP contribution is -2.74. The summed E-state index contributed by atoms with van der Waals surface area (Å²) in [6.07, 6.45) is -13.9. The van der Waals surface area contributed by atoms with Crippen LogP contribution in [0, 0.1) is 6.92 Å². The van der Waals surface area contributed by atoms with Gasteiger partial charge in [-0.2, -0.15) is 39.5 Å². The lowest BCUT2D eigenvalue weighted by molar-refractivity contribution is -0.138. The molecule has 0 unspecified atom stereocenters. The Labute approximate surface area is 213 Å². The third-order valence-corrected chi connectivity index (χ3v) is 11.2. The Kier molecular flexibility index (Phi) is 6.98. The zero-order valence-electron chi connectivity index (χ0n) is 19.6. The average molecular weight is 555 g/mol. The van der Waals surface area contributed by atoms with Crippen molar-refractivity contribution < 1.29 is 39.5 Å². The van der Waals surface area contributed by atoms with E-state index in [0.29, 0.717) is 20.7 Å². The second kappa shape index (κ2) is 9.65. The highest BCUT2D eigenvalue weighted by atomic mass is 28.3. The van der Waals surface area contributed by atoms with Crippen molar-refractivity contribution >= 4 is 28.8 Å². The SMILES string of the molecule is Cc1ccc([Si](c2ccc(C(F)(F)F)cc2)(c2ccc(C(F)(F)F)cc2)c2ccc(C(F)(F)F)cc2)cc1. The van der Waals surface area contributed by atoms with Gasteiger partial charge in [-0.3, -0.25) is 0 Å². The number of aryl methyl sites for hydroxylation is 1. The second-order valence-corrected chi connectivity index (χ2v) is 12.7. The van der Waals surface area contributed by atoms with E-state index in [2.05, 4.69) is 0 Å². The Morgan fingerprint density at radius 2 is 0.579 bits per heavy atom. The number of alkyl halides is 9. The molecule has 0 saturated heterocycles. The summed E-state index contributed by atoms with van der Waals surface area (Å²) in [4.78, 5) is 0. The van der Waals surface area contributed by atoms with Crippen LogP contribution in [0.15, 0.2) is 97.1 Å². The fourth-order valence-corrected chi connectivity index (χ4v) is 9.20. The molecule has 0 amide bonds. The molecule has 0 nitrogen and oxygen atoms in total. The third-order valence-electron chi connectivity index (χ3n) is 6.42. The van der Waals surface area contributed by atoms with E-state index in [1.165, 1.54) is 36.4 Å². The van der Waals surface area contributed by atoms with Gasteiger partial charge in [-0.15, -0.1) is 0 Å². The predicted octanol–water partition coefficient (Wildman–Crippen LogP) is 6.43. The zero-order chi connectivity index (χ0) is 27.9. The first-order valence-electron chi connectivity index (χ1n) is 11.2. The Morgan fingerprint density at radius 3 is 0.789 bits per heavy atom. The molecule has 0 aliphatic rings. The van der Waals surface area contributed by atoms with E-state index in [1.54, 1.807) is 31.2 Å². The highest BCUT2D eigenvalue weighted by molar-refractivity contribution is 7.19. The maximum atomic E-state index is 13.3. The Hall–Kier alpha value is -3.53. The van der Waals surface area contributed by atoms with Crippen LogP contribution in [-0.2, 0) is 18.5 Å². The Bertz CT molecular complexity index is 1240. The maximum absolute atomic E-state index is 13.3. The molecule has 4 rings (SSSR count). The molecule has 0 heterocycles. The molecule has 10 heteroatoms. The minimum absolute atomic E-state index is 0.369. The first-order chi connectivity index (χ1) is 17.6. The molecule has 0 bridgehead atoms. The van der Waals surface area contributed by atoms with Gasteiger partial charge < -0.3 is 0 Å². The molecule has 0 spiro atoms. The van der Waals surface area contributed by atoms with Gasteiger partial charge >= 0.3 is 18.5 Å². The molecule has 4 aromatic rings. The minimum atomic E-state index is -4.63. The van der Waals surface area contributed by atoms with Crippen LogP contribution in [0.25, 0.3) is 0 Å². The van der Waals surface area contributed by atoms with Crippen molar-refractivity contribution in [3.05, 3.63) is 119 Å². The quantitative estimate of drug-likeness (QED) is 0.155. The van der Waals surface area contributed by atoms with Gasteiger partial charge in [0.1, 0.15) is 0 Å². The lowest BCUT2D eigenvalue weighted by atomic mass is 10.2. The van der Waals surface area contributed by atoms with E-state index >= 15 is 0 Å². The summed E-state index contributed by atoms with van der Waals surface area (Å²) in [5, 5.41) is 1.69. The molecule has 0 aliphatic heterocycles. The number of rotatable bonds is 4. The summed E-state index contributed by atoms with van der Waals surface area (Å²) < 4.78 is 120. The van der Waals surface area contributed by atoms with Crippen molar-refractivity contribution in [1.82, 2.24) is 0 Å². The number of hydrogen-bond acceptors (Lipinski definition) is 0. The van der Waals surface area contributed by atoms with Crippen LogP contribution < -0.4 is 20.7 Å². The van der Waals surface area contributed by atoms with Crippen molar-refractivity contribution in [1.29, 1.82) is 0 Å². The molecule has 198 valence electrons. The fraction of sp³-hybridized carbons (Fsp3) is 0.143. The van der Waals surface area contributed by atoms with Crippen molar-refractivity contribution in [2.75, 3.05) is 0 Å². The molecule has 38 heavy (non-hydrogen) atoms. The van der Waals surface area contributed by atoms with Crippen molar-refractivity contribution in [2.45, 2.75) is 25.5 Å². The largest absolute Gasteiger partial charge is 0.416 e. The molecule has 0 fully saturated rings. The van der Waals surface area contributed by atoms with Gasteiger partial charge in [0.25, 0.3) is 0 Å². The van der Waals surface area contributed by atoms with Crippen LogP contribution >= 0.6 is 0 Å². The smallest absolute Gasteiger partial charge is 0.166 e. The van der Waals surface area contributed by atoms with E-state index in [9.17, 15) is 39.5 Å². The van der Waals surface area contributed by atoms with Gasteiger partial charge in [0.05, 0.1) is 16.7 Å². The first kappa shape index (κ1) is 27.5. The number of hydrogen-bond donors (Lipinski definition) is 0. The normalized spacial score (nSPS) is 13.0. The molecule has 0 saturated carbocycles. The van der Waals surface area contributed by atoms with Crippen molar-refractivity contribution in [3.8, 4) is 0 Å². The van der Waals surface area contributed by atoms with E-state index in [0.717, 1.165) is 42.0 Å². The molecule has 0 aliphatic carbocycles. The van der Waals surface area contributed by atoms with Crippen LogP contribution in [0.4, 0.5) is 39.5 Å². The molecule has 0 atom stereocenters. The lowest BCUT2D eigenvalue weighted by Gasteiger charge is -2.35. The van der Waals surface area contributed by atoms with Gasteiger partial charge in [-0.1, -0.05) is 103 Å². The average Bonchev–Trinajstić information content (AvgIpc) is 2.85. The molecular formula is C28H19F9Si. The number of benzene rings is 4. The van der Waals surface area contributed by atoms with E-state index in [-0.39, 0.29) is 0 Å². The summed E-state index contributed by atoms with van der Waals surface area (Å²) in [7, 11) is -3.67. The highest BCUT2D eigenvalue weighted by Crippen LogP contribution is 2.31. The first-order valence-corrected chi connectivity index (χ1v) is 13.2. The summed E-state index contributed by atoms with van der Waals surface area (Å²) >= 11 is 0. The zero-order valence-corrected chi connectivity index (χ0v) is 20.6. The fourth-order valence-electron chi connectivity index (χ4n) is 4.53. The van der Waals surface area contributed by atoms with Gasteiger partial charge in [0, 0.05) is 0 Å². The van der Waals surface area contributed by atoms with Crippen LogP contribution in [0.5, 0.6) is 0 Å². The van der Waals surface area contributed by atoms with Gasteiger partial charge in [0.15, 0.2) is 8.07 Å². The summed E-state index contributed by atoms with van der Waals surface area (Å²) in [6.45, 7) is 1.81. The standard InChI is InChI=1S/C28H19F9Si/c1-18-2-10-22(11-3-18)38(23-12-4-19(5-13-23)26(29,30)31,24-14-6-20(7-15-24)27(32,33)34)25-16-8-21(9-17-25)28(35,36)37/h2-17H,1H3. The minimum Gasteiger partial charge on any atom is -0.166 e. The van der Waals surface area contributed by atoms with Gasteiger partial charge in [0.2, 0.25) is 0 Å². The molecule has 0 N–H and O–H groups in total. The second-order valence-electron chi connectivity index (χ2n) is 8.84. The van der Waals surface area contributed by atoms with Gasteiger partial charge in [-0.05, 0) is 27.7 Å². The Morgan fingerprint density at radius 1 is 0.368 bits per heavy atom. The summed E-state index contributed by atoms with van der Waals surface area (Å²) in [5.41, 5.74) is -1.92. The highest BCUT2D eigenvalue weighted by Gasteiger charge is 2.43. The predicted molar refractivity (Wildman–Crippen MR) is 130 cm³/mol. The topological polar surface area (TPSA) is 0 Å². The Balaban J connectivity index is 2.07. The van der Waals surface area contributed by atoms with Crippen LogP contribution in [-0.4, -0.2) is 8.07 Å². The third kappa shape index (κ3) is 5.22. The molecule has 0 radical (unpaired) electrons. The monoisotopic (exact) mass is 554 g/mol. The van der Waals surface area contributed by atoms with Crippen LogP contribution in [0.3, 0.4) is 0 Å². The van der Waals surface area contributed by atoms with Gasteiger partial charge in [-0.25, -0.2) is 0 Å². The molecule has 0 aromatic heterocycles. The number of halogens is 9. The maximum Gasteiger partial charge on any atom is 0.416 e. The van der Waals surface area contributed by atoms with Crippen molar-refractivity contribution in [2.24, 2.45) is 0 Å². The summed E-state index contributed by atoms with van der Waals surface area (Å²) in [5.74, 6) is 0. The molecular weight excluding hydrogens is 535 g/mol. The van der Waals surface area contributed by atoms with Crippen LogP contribution in [0.2, 0.25) is 0 Å². The van der Waals surface area contributed by atoms with E-state index in [1.807, 2.05) is 0 Å².